The Bertz CT molecular complexity index is 949. The molecule has 1 heterocycles. The van der Waals surface area contributed by atoms with Crippen LogP contribution in [-0.2, 0) is 11.8 Å². The standard InChI is InChI=1S/C20H22N4OS/c1-13-9-10-15(3)17(11-13)21-18(25)12-26-20-23-22-19(24(20)4)16-8-6-5-7-14(16)2/h5-11H,12H2,1-4H3,(H,21,25). The number of hydrogen-bond acceptors (Lipinski definition) is 4. The van der Waals surface area contributed by atoms with Crippen molar-refractivity contribution in [2.24, 2.45) is 7.05 Å². The molecule has 2 aromatic carbocycles. The lowest BCUT2D eigenvalue weighted by Gasteiger charge is -2.09. The van der Waals surface area contributed by atoms with Crippen molar-refractivity contribution in [2.75, 3.05) is 11.1 Å². The van der Waals surface area contributed by atoms with Crippen LogP contribution in [0, 0.1) is 20.8 Å². The third-order valence-corrected chi connectivity index (χ3v) is 5.24. The van der Waals surface area contributed by atoms with Gasteiger partial charge in [0.2, 0.25) is 5.91 Å². The van der Waals surface area contributed by atoms with Crippen molar-refractivity contribution >= 4 is 23.4 Å². The summed E-state index contributed by atoms with van der Waals surface area (Å²) in [5.74, 6) is 1.04. The van der Waals surface area contributed by atoms with E-state index in [9.17, 15) is 4.79 Å². The van der Waals surface area contributed by atoms with Gasteiger partial charge in [0.25, 0.3) is 0 Å². The molecule has 3 rings (SSSR count). The molecule has 1 N–H and O–H groups in total. The number of carbonyl (C=O) groups is 1. The molecule has 0 aliphatic rings. The maximum absolute atomic E-state index is 12.3. The lowest BCUT2D eigenvalue weighted by Crippen LogP contribution is -2.15. The number of nitrogens with one attached hydrogen (secondary N) is 1. The van der Waals surface area contributed by atoms with Gasteiger partial charge in [0, 0.05) is 18.3 Å². The Morgan fingerprint density at radius 1 is 1.08 bits per heavy atom. The molecule has 0 unspecified atom stereocenters. The van der Waals surface area contributed by atoms with Gasteiger partial charge in [-0.05, 0) is 43.5 Å². The van der Waals surface area contributed by atoms with Crippen LogP contribution in [0.2, 0.25) is 0 Å². The minimum Gasteiger partial charge on any atom is -0.325 e. The Hall–Kier alpha value is -2.60. The average molecular weight is 366 g/mol. The number of amides is 1. The Morgan fingerprint density at radius 3 is 2.62 bits per heavy atom. The highest BCUT2D eigenvalue weighted by molar-refractivity contribution is 7.99. The first-order valence-electron chi connectivity index (χ1n) is 8.41. The molecule has 0 saturated heterocycles. The predicted octanol–water partition coefficient (Wildman–Crippen LogP) is 4.14. The third kappa shape index (κ3) is 3.96. The van der Waals surface area contributed by atoms with E-state index in [0.717, 1.165) is 38.9 Å². The molecule has 6 heteroatoms. The molecule has 0 saturated carbocycles. The lowest BCUT2D eigenvalue weighted by molar-refractivity contribution is -0.113. The highest BCUT2D eigenvalue weighted by Crippen LogP contribution is 2.25. The van der Waals surface area contributed by atoms with Gasteiger partial charge in [-0.25, -0.2) is 0 Å². The van der Waals surface area contributed by atoms with Gasteiger partial charge < -0.3 is 9.88 Å². The van der Waals surface area contributed by atoms with Crippen LogP contribution in [0.4, 0.5) is 5.69 Å². The van der Waals surface area contributed by atoms with Gasteiger partial charge in [-0.2, -0.15) is 0 Å². The van der Waals surface area contributed by atoms with Crippen molar-refractivity contribution in [2.45, 2.75) is 25.9 Å². The van der Waals surface area contributed by atoms with E-state index in [-0.39, 0.29) is 11.7 Å². The van der Waals surface area contributed by atoms with Crippen molar-refractivity contribution in [3.8, 4) is 11.4 Å². The summed E-state index contributed by atoms with van der Waals surface area (Å²) in [5.41, 5.74) is 5.22. The summed E-state index contributed by atoms with van der Waals surface area (Å²) in [4.78, 5) is 12.3. The first-order valence-corrected chi connectivity index (χ1v) is 9.39. The van der Waals surface area contributed by atoms with Crippen molar-refractivity contribution in [1.29, 1.82) is 0 Å². The molecule has 1 aromatic heterocycles. The number of carbonyl (C=O) groups excluding carboxylic acids is 1. The van der Waals surface area contributed by atoms with E-state index in [1.807, 2.05) is 61.9 Å². The Kier molecular flexibility index (Phi) is 5.42. The summed E-state index contributed by atoms with van der Waals surface area (Å²) in [7, 11) is 1.92. The molecule has 5 nitrogen and oxygen atoms in total. The molecule has 1 amide bonds. The SMILES string of the molecule is Cc1ccc(C)c(NC(=O)CSc2nnc(-c3ccccc3C)n2C)c1. The van der Waals surface area contributed by atoms with E-state index in [1.54, 1.807) is 0 Å². The zero-order valence-corrected chi connectivity index (χ0v) is 16.2. The van der Waals surface area contributed by atoms with Crippen molar-refractivity contribution < 1.29 is 4.79 Å². The highest BCUT2D eigenvalue weighted by Gasteiger charge is 2.14. The predicted molar refractivity (Wildman–Crippen MR) is 106 cm³/mol. The lowest BCUT2D eigenvalue weighted by atomic mass is 10.1. The zero-order valence-electron chi connectivity index (χ0n) is 15.4. The van der Waals surface area contributed by atoms with E-state index in [0.29, 0.717) is 0 Å². The van der Waals surface area contributed by atoms with Crippen molar-refractivity contribution in [1.82, 2.24) is 14.8 Å². The molecule has 0 fully saturated rings. The summed E-state index contributed by atoms with van der Waals surface area (Å²) in [6, 6.07) is 14.1. The van der Waals surface area contributed by atoms with E-state index in [2.05, 4.69) is 28.5 Å². The molecule has 0 bridgehead atoms. The third-order valence-electron chi connectivity index (χ3n) is 4.22. The van der Waals surface area contributed by atoms with E-state index >= 15 is 0 Å². The Morgan fingerprint density at radius 2 is 1.85 bits per heavy atom. The summed E-state index contributed by atoms with van der Waals surface area (Å²) in [5, 5.41) is 12.2. The number of thioether (sulfide) groups is 1. The van der Waals surface area contributed by atoms with Crippen LogP contribution in [0.25, 0.3) is 11.4 Å². The van der Waals surface area contributed by atoms with Gasteiger partial charge in [-0.1, -0.05) is 48.2 Å². The second-order valence-corrected chi connectivity index (χ2v) is 7.28. The maximum Gasteiger partial charge on any atom is 0.234 e. The van der Waals surface area contributed by atoms with Gasteiger partial charge >= 0.3 is 0 Å². The Balaban J connectivity index is 1.68. The van der Waals surface area contributed by atoms with Crippen LogP contribution in [-0.4, -0.2) is 26.4 Å². The molecule has 3 aromatic rings. The normalized spacial score (nSPS) is 10.8. The Labute approximate surface area is 157 Å². The molecule has 0 spiro atoms. The minimum absolute atomic E-state index is 0.0517. The number of nitrogens with zero attached hydrogens (tertiary/aromatic N) is 3. The second-order valence-electron chi connectivity index (χ2n) is 6.34. The van der Waals surface area contributed by atoms with Gasteiger partial charge in [-0.3, -0.25) is 4.79 Å². The van der Waals surface area contributed by atoms with Crippen LogP contribution in [0.5, 0.6) is 0 Å². The summed E-state index contributed by atoms with van der Waals surface area (Å²) >= 11 is 1.38. The first-order chi connectivity index (χ1) is 12.5. The van der Waals surface area contributed by atoms with Gasteiger partial charge in [0.1, 0.15) is 0 Å². The van der Waals surface area contributed by atoms with E-state index in [1.165, 1.54) is 11.8 Å². The average Bonchev–Trinajstić information content (AvgIpc) is 2.97. The second kappa shape index (κ2) is 7.74. The van der Waals surface area contributed by atoms with Crippen LogP contribution < -0.4 is 5.32 Å². The molecule has 0 aliphatic heterocycles. The molecular weight excluding hydrogens is 344 g/mol. The molecule has 0 atom stereocenters. The van der Waals surface area contributed by atoms with Crippen LogP contribution in [0.1, 0.15) is 16.7 Å². The molecule has 0 radical (unpaired) electrons. The number of anilines is 1. The molecule has 26 heavy (non-hydrogen) atoms. The largest absolute Gasteiger partial charge is 0.325 e. The smallest absolute Gasteiger partial charge is 0.234 e. The summed E-state index contributed by atoms with van der Waals surface area (Å²) < 4.78 is 1.93. The molecular formula is C20H22N4OS. The van der Waals surface area contributed by atoms with Gasteiger partial charge in [0.15, 0.2) is 11.0 Å². The van der Waals surface area contributed by atoms with Crippen molar-refractivity contribution in [3.05, 3.63) is 59.2 Å². The molecule has 0 aliphatic carbocycles. The number of aromatic nitrogens is 3. The van der Waals surface area contributed by atoms with Crippen molar-refractivity contribution in [3.63, 3.8) is 0 Å². The van der Waals surface area contributed by atoms with Gasteiger partial charge in [-0.15, -0.1) is 10.2 Å². The minimum atomic E-state index is -0.0517. The number of rotatable bonds is 5. The fourth-order valence-corrected chi connectivity index (χ4v) is 3.40. The fourth-order valence-electron chi connectivity index (χ4n) is 2.69. The zero-order chi connectivity index (χ0) is 18.7. The maximum atomic E-state index is 12.3. The van der Waals surface area contributed by atoms with E-state index < -0.39 is 0 Å². The van der Waals surface area contributed by atoms with Crippen LogP contribution in [0.15, 0.2) is 47.6 Å². The monoisotopic (exact) mass is 366 g/mol. The number of aryl methyl sites for hydroxylation is 3. The van der Waals surface area contributed by atoms with Gasteiger partial charge in [0.05, 0.1) is 5.75 Å². The summed E-state index contributed by atoms with van der Waals surface area (Å²) in [6.07, 6.45) is 0. The quantitative estimate of drug-likeness (QED) is 0.690. The number of benzene rings is 2. The van der Waals surface area contributed by atoms with Crippen LogP contribution in [0.3, 0.4) is 0 Å². The summed E-state index contributed by atoms with van der Waals surface area (Å²) in [6.45, 7) is 6.05. The first kappa shape index (κ1) is 18.2. The van der Waals surface area contributed by atoms with E-state index in [4.69, 9.17) is 0 Å². The topological polar surface area (TPSA) is 59.8 Å². The number of hydrogen-bond donors (Lipinski definition) is 1. The highest BCUT2D eigenvalue weighted by atomic mass is 32.2. The van der Waals surface area contributed by atoms with Crippen LogP contribution >= 0.6 is 11.8 Å². The fraction of sp³-hybridized carbons (Fsp3) is 0.250. The molecule has 134 valence electrons.